The van der Waals surface area contributed by atoms with Crippen LogP contribution in [0.5, 0.6) is 11.6 Å². The topological polar surface area (TPSA) is 44.2 Å². The fraction of sp³-hybridized carbons (Fsp3) is 0.200. The number of thioether (sulfide) groups is 1. The molecule has 0 atom stereocenters. The van der Waals surface area contributed by atoms with Crippen molar-refractivity contribution >= 4 is 11.8 Å². The predicted octanol–water partition coefficient (Wildman–Crippen LogP) is 4.66. The summed E-state index contributed by atoms with van der Waals surface area (Å²) in [5, 5.41) is 0. The lowest BCUT2D eigenvalue weighted by atomic mass is 10.2. The van der Waals surface area contributed by atoms with E-state index in [9.17, 15) is 0 Å². The summed E-state index contributed by atoms with van der Waals surface area (Å²) in [6.45, 7) is 2.46. The van der Waals surface area contributed by atoms with Crippen LogP contribution in [0.3, 0.4) is 0 Å². The number of ether oxygens (including phenoxy) is 2. The number of hydrogen-bond acceptors (Lipinski definition) is 5. The normalized spacial score (nSPS) is 10.5. The molecule has 0 aliphatic carbocycles. The van der Waals surface area contributed by atoms with Gasteiger partial charge in [-0.3, -0.25) is 4.98 Å². The molecule has 0 N–H and O–H groups in total. The zero-order valence-electron chi connectivity index (χ0n) is 14.3. The molecule has 4 nitrogen and oxygen atoms in total. The smallest absolute Gasteiger partial charge is 0.213 e. The summed E-state index contributed by atoms with van der Waals surface area (Å²) in [7, 11) is 1.68. The monoisotopic (exact) mass is 352 g/mol. The van der Waals surface area contributed by atoms with Crippen molar-refractivity contribution in [2.45, 2.75) is 24.2 Å². The maximum atomic E-state index is 5.73. The molecule has 5 heteroatoms. The van der Waals surface area contributed by atoms with E-state index >= 15 is 0 Å². The minimum absolute atomic E-state index is 0.495. The summed E-state index contributed by atoms with van der Waals surface area (Å²) in [4.78, 5) is 9.67. The Hall–Kier alpha value is -2.53. The Bertz CT molecular complexity index is 805. The average Bonchev–Trinajstić information content (AvgIpc) is 2.66. The largest absolute Gasteiger partial charge is 0.497 e. The highest BCUT2D eigenvalue weighted by Gasteiger charge is 2.01. The van der Waals surface area contributed by atoms with E-state index < -0.39 is 0 Å². The van der Waals surface area contributed by atoms with Crippen molar-refractivity contribution in [2.24, 2.45) is 0 Å². The van der Waals surface area contributed by atoms with Crippen LogP contribution in [-0.4, -0.2) is 17.1 Å². The third-order valence-corrected chi connectivity index (χ3v) is 4.67. The number of methoxy groups -OCH3 is 1. The standard InChI is InChI=1S/C20H20N2O2S/c1-15-11-17(9-10-21-15)13-24-20-8-7-19(12-22-20)25-14-16-3-5-18(23-2)6-4-16/h3-12H,13-14H2,1-2H3. The van der Waals surface area contributed by atoms with Crippen LogP contribution >= 0.6 is 11.8 Å². The van der Waals surface area contributed by atoms with Crippen molar-refractivity contribution in [1.29, 1.82) is 0 Å². The third-order valence-electron chi connectivity index (χ3n) is 3.62. The Balaban J connectivity index is 1.51. The molecule has 0 aliphatic heterocycles. The van der Waals surface area contributed by atoms with Gasteiger partial charge >= 0.3 is 0 Å². The summed E-state index contributed by atoms with van der Waals surface area (Å²) >= 11 is 1.74. The first-order chi connectivity index (χ1) is 12.2. The molecule has 1 aromatic carbocycles. The lowest BCUT2D eigenvalue weighted by molar-refractivity contribution is 0.293. The maximum absolute atomic E-state index is 5.73. The molecule has 2 aromatic heterocycles. The Morgan fingerprint density at radius 1 is 0.960 bits per heavy atom. The van der Waals surface area contributed by atoms with E-state index in [4.69, 9.17) is 9.47 Å². The van der Waals surface area contributed by atoms with Crippen LogP contribution in [0.2, 0.25) is 0 Å². The SMILES string of the molecule is COc1ccc(CSc2ccc(OCc3ccnc(C)c3)nc2)cc1. The third kappa shape index (κ3) is 5.22. The van der Waals surface area contributed by atoms with Crippen molar-refractivity contribution in [2.75, 3.05) is 7.11 Å². The number of nitrogens with zero attached hydrogens (tertiary/aromatic N) is 2. The molecule has 0 aliphatic rings. The van der Waals surface area contributed by atoms with E-state index in [1.165, 1.54) is 5.56 Å². The summed E-state index contributed by atoms with van der Waals surface area (Å²) in [6.07, 6.45) is 3.64. The first-order valence-corrected chi connectivity index (χ1v) is 8.97. The lowest BCUT2D eigenvalue weighted by Crippen LogP contribution is -1.98. The predicted molar refractivity (Wildman–Crippen MR) is 100 cm³/mol. The number of aryl methyl sites for hydroxylation is 1. The van der Waals surface area contributed by atoms with Gasteiger partial charge < -0.3 is 9.47 Å². The number of aromatic nitrogens is 2. The van der Waals surface area contributed by atoms with Crippen molar-refractivity contribution in [3.8, 4) is 11.6 Å². The van der Waals surface area contributed by atoms with Gasteiger partial charge in [-0.05, 0) is 48.4 Å². The van der Waals surface area contributed by atoms with Gasteiger partial charge in [-0.2, -0.15) is 0 Å². The van der Waals surface area contributed by atoms with Crippen molar-refractivity contribution < 1.29 is 9.47 Å². The molecule has 0 unspecified atom stereocenters. The second-order valence-electron chi connectivity index (χ2n) is 5.56. The van der Waals surface area contributed by atoms with Gasteiger partial charge in [0.2, 0.25) is 5.88 Å². The minimum Gasteiger partial charge on any atom is -0.497 e. The van der Waals surface area contributed by atoms with Crippen molar-refractivity contribution in [3.05, 3.63) is 77.7 Å². The number of hydrogen-bond donors (Lipinski definition) is 0. The second-order valence-corrected chi connectivity index (χ2v) is 6.61. The molecule has 0 bridgehead atoms. The van der Waals surface area contributed by atoms with E-state index in [2.05, 4.69) is 22.1 Å². The van der Waals surface area contributed by atoms with Gasteiger partial charge in [0.05, 0.1) is 7.11 Å². The molecule has 0 saturated carbocycles. The zero-order valence-corrected chi connectivity index (χ0v) is 15.1. The second kappa shape index (κ2) is 8.53. The van der Waals surface area contributed by atoms with E-state index in [0.717, 1.165) is 27.7 Å². The van der Waals surface area contributed by atoms with E-state index in [0.29, 0.717) is 12.5 Å². The summed E-state index contributed by atoms with van der Waals surface area (Å²) in [6, 6.07) is 16.0. The molecular formula is C20H20N2O2S. The Labute approximate surface area is 152 Å². The van der Waals surface area contributed by atoms with Gasteiger partial charge in [0.25, 0.3) is 0 Å². The highest BCUT2D eigenvalue weighted by molar-refractivity contribution is 7.98. The molecule has 2 heterocycles. The lowest BCUT2D eigenvalue weighted by Gasteiger charge is -2.07. The van der Waals surface area contributed by atoms with E-state index in [-0.39, 0.29) is 0 Å². The Morgan fingerprint density at radius 3 is 2.48 bits per heavy atom. The average molecular weight is 352 g/mol. The van der Waals surface area contributed by atoms with Gasteiger partial charge in [0.15, 0.2) is 0 Å². The van der Waals surface area contributed by atoms with Gasteiger partial charge in [0, 0.05) is 34.8 Å². The molecule has 25 heavy (non-hydrogen) atoms. The van der Waals surface area contributed by atoms with Crippen LogP contribution in [0, 0.1) is 6.92 Å². The number of pyridine rings is 2. The van der Waals surface area contributed by atoms with Crippen LogP contribution in [-0.2, 0) is 12.4 Å². The maximum Gasteiger partial charge on any atom is 0.213 e. The van der Waals surface area contributed by atoms with Gasteiger partial charge in [0.1, 0.15) is 12.4 Å². The van der Waals surface area contributed by atoms with Crippen LogP contribution in [0.15, 0.2) is 65.8 Å². The molecule has 3 aromatic rings. The van der Waals surface area contributed by atoms with Crippen molar-refractivity contribution in [1.82, 2.24) is 9.97 Å². The molecular weight excluding hydrogens is 332 g/mol. The van der Waals surface area contributed by atoms with Crippen molar-refractivity contribution in [3.63, 3.8) is 0 Å². The van der Waals surface area contributed by atoms with Gasteiger partial charge in [-0.1, -0.05) is 12.1 Å². The summed E-state index contributed by atoms with van der Waals surface area (Å²) in [5.74, 6) is 2.40. The van der Waals surface area contributed by atoms with Gasteiger partial charge in [-0.25, -0.2) is 4.98 Å². The van der Waals surface area contributed by atoms with E-state index in [1.54, 1.807) is 25.1 Å². The Morgan fingerprint density at radius 2 is 1.80 bits per heavy atom. The minimum atomic E-state index is 0.495. The van der Waals surface area contributed by atoms with Crippen LogP contribution in [0.1, 0.15) is 16.8 Å². The molecule has 128 valence electrons. The van der Waals surface area contributed by atoms with Crippen LogP contribution in [0.4, 0.5) is 0 Å². The van der Waals surface area contributed by atoms with Gasteiger partial charge in [-0.15, -0.1) is 11.8 Å². The fourth-order valence-corrected chi connectivity index (χ4v) is 3.09. The first kappa shape index (κ1) is 17.3. The fourth-order valence-electron chi connectivity index (χ4n) is 2.28. The first-order valence-electron chi connectivity index (χ1n) is 7.99. The zero-order chi connectivity index (χ0) is 17.5. The van der Waals surface area contributed by atoms with Crippen LogP contribution in [0.25, 0.3) is 0 Å². The molecule has 0 radical (unpaired) electrons. The highest BCUT2D eigenvalue weighted by Crippen LogP contribution is 2.24. The van der Waals surface area contributed by atoms with E-state index in [1.807, 2.05) is 49.5 Å². The summed E-state index contributed by atoms with van der Waals surface area (Å²) in [5.41, 5.74) is 3.32. The highest BCUT2D eigenvalue weighted by atomic mass is 32.2. The quantitative estimate of drug-likeness (QED) is 0.578. The molecule has 0 fully saturated rings. The molecule has 3 rings (SSSR count). The Kier molecular flexibility index (Phi) is 5.90. The van der Waals surface area contributed by atoms with Crippen LogP contribution < -0.4 is 9.47 Å². The molecule has 0 spiro atoms. The molecule has 0 saturated heterocycles. The summed E-state index contributed by atoms with van der Waals surface area (Å²) < 4.78 is 10.9. The molecule has 0 amide bonds. The number of benzene rings is 1. The number of rotatable bonds is 7.